The SMILES string of the molecule is C=Cc1ccc(N(c2ccc(-c3ccc(N(c4ccc(CC)cc4)c4ccc5c(c4)c4c(n5-c5ccccc5)CC#CCC=C4)cc3)cc2)c2ccc3c(c2)c2ccccc2n3-c2ccccc2)cc1. The van der Waals surface area contributed by atoms with Crippen LogP contribution in [0.1, 0.15) is 35.7 Å². The van der Waals surface area contributed by atoms with Crippen molar-refractivity contribution in [2.45, 2.75) is 26.2 Å². The average molecular weight is 899 g/mol. The van der Waals surface area contributed by atoms with Gasteiger partial charge >= 0.3 is 0 Å². The van der Waals surface area contributed by atoms with Gasteiger partial charge in [0, 0.05) is 79.3 Å². The van der Waals surface area contributed by atoms with Crippen LogP contribution in [-0.4, -0.2) is 9.13 Å². The first-order chi connectivity index (χ1) is 34.6. The third-order valence-electron chi connectivity index (χ3n) is 13.8. The van der Waals surface area contributed by atoms with E-state index < -0.39 is 0 Å². The van der Waals surface area contributed by atoms with Gasteiger partial charge in [0.1, 0.15) is 0 Å². The highest BCUT2D eigenvalue weighted by Crippen LogP contribution is 2.43. The van der Waals surface area contributed by atoms with E-state index in [1.807, 2.05) is 6.08 Å². The van der Waals surface area contributed by atoms with Gasteiger partial charge < -0.3 is 18.9 Å². The molecule has 0 saturated heterocycles. The Balaban J connectivity index is 0.917. The molecule has 0 unspecified atom stereocenters. The fourth-order valence-electron chi connectivity index (χ4n) is 10.3. The predicted molar refractivity (Wildman–Crippen MR) is 297 cm³/mol. The van der Waals surface area contributed by atoms with Crippen LogP contribution < -0.4 is 9.80 Å². The molecule has 334 valence electrons. The van der Waals surface area contributed by atoms with Gasteiger partial charge in [0.15, 0.2) is 0 Å². The predicted octanol–water partition coefficient (Wildman–Crippen LogP) is 17.5. The molecule has 0 fully saturated rings. The minimum atomic E-state index is 0.696. The van der Waals surface area contributed by atoms with E-state index in [2.05, 4.69) is 275 Å². The van der Waals surface area contributed by atoms with Crippen LogP contribution in [0.4, 0.5) is 34.1 Å². The van der Waals surface area contributed by atoms with Crippen LogP contribution in [-0.2, 0) is 12.8 Å². The maximum absolute atomic E-state index is 4.02. The van der Waals surface area contributed by atoms with Gasteiger partial charge in [-0.2, -0.15) is 0 Å². The van der Waals surface area contributed by atoms with Crippen molar-refractivity contribution in [3.8, 4) is 34.3 Å². The summed E-state index contributed by atoms with van der Waals surface area (Å²) in [5.74, 6) is 6.76. The number of fused-ring (bicyclic) bond motifs is 6. The molecule has 0 spiro atoms. The van der Waals surface area contributed by atoms with E-state index in [4.69, 9.17) is 0 Å². The summed E-state index contributed by atoms with van der Waals surface area (Å²) in [5, 5.41) is 3.65. The number of aromatic nitrogens is 2. The lowest BCUT2D eigenvalue weighted by atomic mass is 10.0. The van der Waals surface area contributed by atoms with Gasteiger partial charge in [-0.15, -0.1) is 0 Å². The number of anilines is 6. The number of allylic oxidation sites excluding steroid dienone is 1. The standard InChI is InChI=1S/C66H50N4/c1-3-47-25-33-53(34-26-47)67(57-41-43-65-61(45-57)59-21-13-5-6-14-23-63(59)69(65)51-17-9-7-10-18-51)55-37-29-49(30-38-55)50-31-39-56(40-32-50)68(54-35-27-48(4-2)28-36-54)58-42-44-66-62(46-58)60-22-15-16-24-64(60)70(66)52-19-11-8-12-20-52/h4,7-13,15-22,24-46H,2-3,5,23H2,1H3. The number of nitrogens with zero attached hydrogens (tertiary/aromatic N) is 4. The first-order valence-corrected chi connectivity index (χ1v) is 24.2. The van der Waals surface area contributed by atoms with E-state index in [1.54, 1.807) is 0 Å². The largest absolute Gasteiger partial charge is 0.312 e. The molecule has 4 heteroatoms. The lowest BCUT2D eigenvalue weighted by Gasteiger charge is -2.27. The van der Waals surface area contributed by atoms with Gasteiger partial charge in [-0.1, -0.05) is 147 Å². The summed E-state index contributed by atoms with van der Waals surface area (Å²) < 4.78 is 4.75. The van der Waals surface area contributed by atoms with E-state index in [0.29, 0.717) is 6.42 Å². The molecule has 0 atom stereocenters. The van der Waals surface area contributed by atoms with Crippen molar-refractivity contribution in [2.24, 2.45) is 0 Å². The molecule has 0 saturated carbocycles. The van der Waals surface area contributed by atoms with Crippen molar-refractivity contribution in [1.29, 1.82) is 0 Å². The zero-order valence-corrected chi connectivity index (χ0v) is 39.1. The van der Waals surface area contributed by atoms with Crippen molar-refractivity contribution in [3.63, 3.8) is 0 Å². The second-order valence-electron chi connectivity index (χ2n) is 17.8. The average Bonchev–Trinajstić information content (AvgIpc) is 3.90. The molecule has 4 nitrogen and oxygen atoms in total. The highest BCUT2D eigenvalue weighted by molar-refractivity contribution is 6.10. The first kappa shape index (κ1) is 42.3. The zero-order chi connectivity index (χ0) is 47.0. The molecule has 0 aliphatic heterocycles. The summed E-state index contributed by atoms with van der Waals surface area (Å²) in [4.78, 5) is 4.73. The number of hydrogen-bond donors (Lipinski definition) is 0. The Bertz CT molecular complexity index is 3790. The maximum Gasteiger partial charge on any atom is 0.0542 e. The normalized spacial score (nSPS) is 12.0. The van der Waals surface area contributed by atoms with Crippen molar-refractivity contribution >= 4 is 79.0 Å². The molecular weight excluding hydrogens is 849 g/mol. The molecule has 70 heavy (non-hydrogen) atoms. The van der Waals surface area contributed by atoms with Gasteiger partial charge in [0.25, 0.3) is 0 Å². The van der Waals surface area contributed by atoms with Gasteiger partial charge in [-0.3, -0.25) is 0 Å². The van der Waals surface area contributed by atoms with Crippen LogP contribution in [0.3, 0.4) is 0 Å². The Morgan fingerprint density at radius 1 is 0.471 bits per heavy atom. The van der Waals surface area contributed by atoms with Crippen molar-refractivity contribution < 1.29 is 0 Å². The summed E-state index contributed by atoms with van der Waals surface area (Å²) in [5.41, 5.74) is 19.5. The molecule has 1 aliphatic carbocycles. The summed E-state index contributed by atoms with van der Waals surface area (Å²) in [6.07, 6.45) is 8.80. The second-order valence-corrected chi connectivity index (χ2v) is 17.8. The minimum Gasteiger partial charge on any atom is -0.312 e. The molecule has 0 N–H and O–H groups in total. The summed E-state index contributed by atoms with van der Waals surface area (Å²) in [7, 11) is 0. The number of benzene rings is 9. The van der Waals surface area contributed by atoms with E-state index in [9.17, 15) is 0 Å². The third-order valence-corrected chi connectivity index (χ3v) is 13.8. The topological polar surface area (TPSA) is 16.3 Å². The summed E-state index contributed by atoms with van der Waals surface area (Å²) in [6, 6.07) is 79.4. The first-order valence-electron chi connectivity index (χ1n) is 24.2. The fourth-order valence-corrected chi connectivity index (χ4v) is 10.3. The molecule has 1 aliphatic rings. The molecule has 12 rings (SSSR count). The highest BCUT2D eigenvalue weighted by atomic mass is 15.1. The number of aryl methyl sites for hydroxylation is 1. The number of hydrogen-bond acceptors (Lipinski definition) is 2. The lowest BCUT2D eigenvalue weighted by Crippen LogP contribution is -2.10. The summed E-state index contributed by atoms with van der Waals surface area (Å²) >= 11 is 0. The van der Waals surface area contributed by atoms with Crippen molar-refractivity contribution in [3.05, 3.63) is 253 Å². The zero-order valence-electron chi connectivity index (χ0n) is 39.1. The molecule has 11 aromatic rings. The number of para-hydroxylation sites is 3. The smallest absolute Gasteiger partial charge is 0.0542 e. The summed E-state index contributed by atoms with van der Waals surface area (Å²) in [6.45, 7) is 6.23. The van der Waals surface area contributed by atoms with Crippen LogP contribution in [0.2, 0.25) is 0 Å². The molecule has 0 amide bonds. The van der Waals surface area contributed by atoms with Crippen molar-refractivity contribution in [1.82, 2.24) is 9.13 Å². The molecule has 2 aromatic heterocycles. The fraction of sp³-hybridized carbons (Fsp3) is 0.0606. The number of rotatable bonds is 11. The molecule has 0 bridgehead atoms. The van der Waals surface area contributed by atoms with Crippen LogP contribution in [0.5, 0.6) is 0 Å². The highest BCUT2D eigenvalue weighted by Gasteiger charge is 2.22. The maximum atomic E-state index is 4.02. The van der Waals surface area contributed by atoms with Gasteiger partial charge in [-0.05, 0) is 144 Å². The molecular formula is C66H50N4. The van der Waals surface area contributed by atoms with Crippen LogP contribution in [0.15, 0.2) is 231 Å². The van der Waals surface area contributed by atoms with E-state index in [-0.39, 0.29) is 0 Å². The lowest BCUT2D eigenvalue weighted by molar-refractivity contribution is 1.01. The minimum absolute atomic E-state index is 0.696. The Hall–Kier alpha value is -9.04. The van der Waals surface area contributed by atoms with E-state index in [1.165, 1.54) is 49.5 Å². The molecule has 2 heterocycles. The van der Waals surface area contributed by atoms with Crippen LogP contribution >= 0.6 is 0 Å². The van der Waals surface area contributed by atoms with Gasteiger partial charge in [-0.25, -0.2) is 0 Å². The van der Waals surface area contributed by atoms with Gasteiger partial charge in [0.2, 0.25) is 0 Å². The Morgan fingerprint density at radius 3 is 1.54 bits per heavy atom. The van der Waals surface area contributed by atoms with Crippen molar-refractivity contribution in [2.75, 3.05) is 9.80 Å². The monoisotopic (exact) mass is 898 g/mol. The second kappa shape index (κ2) is 18.2. The van der Waals surface area contributed by atoms with E-state index in [0.717, 1.165) is 75.0 Å². The van der Waals surface area contributed by atoms with Gasteiger partial charge in [0.05, 0.1) is 23.0 Å². The molecule has 0 radical (unpaired) electrons. The van der Waals surface area contributed by atoms with E-state index >= 15 is 0 Å². The third kappa shape index (κ3) is 7.65. The quantitative estimate of drug-likeness (QED) is 0.120. The molecule has 9 aromatic carbocycles. The Labute approximate surface area is 409 Å². The Kier molecular flexibility index (Phi) is 11.0. The van der Waals surface area contributed by atoms with Crippen LogP contribution in [0, 0.1) is 11.8 Å². The van der Waals surface area contributed by atoms with Crippen LogP contribution in [0.25, 0.3) is 67.4 Å². The Morgan fingerprint density at radius 2 is 0.957 bits per heavy atom.